The Morgan fingerprint density at radius 1 is 1.19 bits per heavy atom. The van der Waals surface area contributed by atoms with E-state index in [1.54, 1.807) is 12.4 Å². The molecule has 0 radical (unpaired) electrons. The summed E-state index contributed by atoms with van der Waals surface area (Å²) < 4.78 is 1.93. The fraction of sp³-hybridized carbons (Fsp3) is 0.188. The highest BCUT2D eigenvalue weighted by Crippen LogP contribution is 2.15. The number of pyridine rings is 1. The molecule has 0 aliphatic heterocycles. The lowest BCUT2D eigenvalue weighted by Crippen LogP contribution is -2.27. The highest BCUT2D eigenvalue weighted by molar-refractivity contribution is 5.81. The van der Waals surface area contributed by atoms with Gasteiger partial charge in [-0.2, -0.15) is 0 Å². The van der Waals surface area contributed by atoms with Crippen LogP contribution in [-0.4, -0.2) is 20.4 Å². The van der Waals surface area contributed by atoms with Gasteiger partial charge in [-0.15, -0.1) is 0 Å². The lowest BCUT2D eigenvalue weighted by molar-refractivity contribution is -0.121. The number of carbonyl (C=O) groups is 1. The van der Waals surface area contributed by atoms with Crippen LogP contribution in [0.25, 0.3) is 11.0 Å². The van der Waals surface area contributed by atoms with Gasteiger partial charge in [0.15, 0.2) is 0 Å². The number of nitrogens with zero attached hydrogens (tertiary/aromatic N) is 3. The molecular formula is C16H16N4O. The molecule has 21 heavy (non-hydrogen) atoms. The molecule has 0 aliphatic rings. The minimum Gasteiger partial charge on any atom is -0.350 e. The van der Waals surface area contributed by atoms with Crippen LogP contribution < -0.4 is 5.32 Å². The van der Waals surface area contributed by atoms with Gasteiger partial charge in [0.1, 0.15) is 12.4 Å². The summed E-state index contributed by atoms with van der Waals surface area (Å²) in [6, 6.07) is 11.6. The third-order valence-electron chi connectivity index (χ3n) is 3.39. The largest absolute Gasteiger partial charge is 0.350 e. The molecule has 5 heteroatoms. The maximum Gasteiger partial charge on any atom is 0.240 e. The van der Waals surface area contributed by atoms with Gasteiger partial charge in [-0.3, -0.25) is 9.78 Å². The van der Waals surface area contributed by atoms with Crippen molar-refractivity contribution in [1.29, 1.82) is 0 Å². The van der Waals surface area contributed by atoms with Crippen molar-refractivity contribution in [3.63, 3.8) is 0 Å². The summed E-state index contributed by atoms with van der Waals surface area (Å²) in [4.78, 5) is 20.5. The molecule has 0 atom stereocenters. The molecule has 0 bridgehead atoms. The molecule has 0 saturated carbocycles. The topological polar surface area (TPSA) is 59.8 Å². The number of nitrogens with one attached hydrogen (secondary N) is 1. The van der Waals surface area contributed by atoms with Crippen LogP contribution in [0.1, 0.15) is 11.4 Å². The predicted octanol–water partition coefficient (Wildman–Crippen LogP) is 2.06. The van der Waals surface area contributed by atoms with Crippen molar-refractivity contribution >= 4 is 16.9 Å². The van der Waals surface area contributed by atoms with E-state index < -0.39 is 0 Å². The molecule has 106 valence electrons. The second kappa shape index (κ2) is 5.75. The first kappa shape index (κ1) is 13.3. The standard InChI is InChI=1S/C16H16N4O/c1-12-19-14-4-2-3-5-15(14)20(12)11-16(21)18-10-13-6-8-17-9-7-13/h2-9H,10-11H2,1H3,(H,18,21). The Kier molecular flexibility index (Phi) is 3.64. The van der Waals surface area contributed by atoms with E-state index in [-0.39, 0.29) is 12.5 Å². The summed E-state index contributed by atoms with van der Waals surface area (Å²) in [6.45, 7) is 2.70. The summed E-state index contributed by atoms with van der Waals surface area (Å²) in [5.74, 6) is 0.813. The van der Waals surface area contributed by atoms with E-state index in [2.05, 4.69) is 15.3 Å². The molecule has 0 fully saturated rings. The zero-order valence-corrected chi connectivity index (χ0v) is 11.8. The molecule has 1 amide bonds. The Hall–Kier alpha value is -2.69. The van der Waals surface area contributed by atoms with Gasteiger partial charge in [0.2, 0.25) is 5.91 Å². The Morgan fingerprint density at radius 3 is 2.76 bits per heavy atom. The Balaban J connectivity index is 1.70. The van der Waals surface area contributed by atoms with Crippen molar-refractivity contribution in [2.75, 3.05) is 0 Å². The van der Waals surface area contributed by atoms with Gasteiger partial charge in [0, 0.05) is 18.9 Å². The van der Waals surface area contributed by atoms with Crippen molar-refractivity contribution in [1.82, 2.24) is 19.9 Å². The lowest BCUT2D eigenvalue weighted by atomic mass is 10.3. The number of amides is 1. The van der Waals surface area contributed by atoms with E-state index in [1.165, 1.54) is 0 Å². The fourth-order valence-corrected chi connectivity index (χ4v) is 2.30. The molecule has 5 nitrogen and oxygen atoms in total. The molecule has 3 rings (SSSR count). The monoisotopic (exact) mass is 280 g/mol. The number of para-hydroxylation sites is 2. The summed E-state index contributed by atoms with van der Waals surface area (Å²) in [5.41, 5.74) is 2.93. The van der Waals surface area contributed by atoms with E-state index in [9.17, 15) is 4.79 Å². The minimum absolute atomic E-state index is 0.0296. The summed E-state index contributed by atoms with van der Waals surface area (Å²) in [6.07, 6.45) is 3.43. The van der Waals surface area contributed by atoms with Gasteiger partial charge >= 0.3 is 0 Å². The van der Waals surface area contributed by atoms with Crippen LogP contribution in [0.2, 0.25) is 0 Å². The van der Waals surface area contributed by atoms with Crippen LogP contribution in [0.4, 0.5) is 0 Å². The van der Waals surface area contributed by atoms with Crippen LogP contribution >= 0.6 is 0 Å². The van der Waals surface area contributed by atoms with Crippen LogP contribution in [0, 0.1) is 6.92 Å². The van der Waals surface area contributed by atoms with Crippen molar-refractivity contribution in [2.24, 2.45) is 0 Å². The third-order valence-corrected chi connectivity index (χ3v) is 3.39. The second-order valence-corrected chi connectivity index (χ2v) is 4.87. The highest BCUT2D eigenvalue weighted by atomic mass is 16.1. The number of hydrogen-bond donors (Lipinski definition) is 1. The van der Waals surface area contributed by atoms with Gasteiger partial charge in [0.25, 0.3) is 0 Å². The number of fused-ring (bicyclic) bond motifs is 1. The average Bonchev–Trinajstić information content (AvgIpc) is 2.82. The number of hydrogen-bond acceptors (Lipinski definition) is 3. The molecule has 2 aromatic heterocycles. The minimum atomic E-state index is -0.0296. The quantitative estimate of drug-likeness (QED) is 0.795. The number of carbonyl (C=O) groups excluding carboxylic acids is 1. The number of imidazole rings is 1. The normalized spacial score (nSPS) is 10.7. The maximum absolute atomic E-state index is 12.1. The van der Waals surface area contributed by atoms with Gasteiger partial charge < -0.3 is 9.88 Å². The molecule has 2 heterocycles. The zero-order valence-electron chi connectivity index (χ0n) is 11.8. The highest BCUT2D eigenvalue weighted by Gasteiger charge is 2.10. The number of aromatic nitrogens is 3. The van der Waals surface area contributed by atoms with Crippen molar-refractivity contribution in [3.8, 4) is 0 Å². The first-order valence-electron chi connectivity index (χ1n) is 6.81. The van der Waals surface area contributed by atoms with E-state index in [0.717, 1.165) is 22.4 Å². The predicted molar refractivity (Wildman–Crippen MR) is 80.6 cm³/mol. The molecule has 3 aromatic rings. The number of rotatable bonds is 4. The van der Waals surface area contributed by atoms with E-state index >= 15 is 0 Å². The number of benzene rings is 1. The molecule has 0 spiro atoms. The van der Waals surface area contributed by atoms with Crippen molar-refractivity contribution in [3.05, 3.63) is 60.2 Å². The van der Waals surface area contributed by atoms with Crippen LogP contribution in [0.5, 0.6) is 0 Å². The van der Waals surface area contributed by atoms with E-state index in [1.807, 2.05) is 47.9 Å². The van der Waals surface area contributed by atoms with Gasteiger partial charge in [-0.05, 0) is 36.8 Å². The van der Waals surface area contributed by atoms with Gasteiger partial charge in [-0.25, -0.2) is 4.98 Å². The van der Waals surface area contributed by atoms with Gasteiger partial charge in [-0.1, -0.05) is 12.1 Å². The van der Waals surface area contributed by atoms with Gasteiger partial charge in [0.05, 0.1) is 11.0 Å². The average molecular weight is 280 g/mol. The first-order valence-corrected chi connectivity index (χ1v) is 6.81. The molecular weight excluding hydrogens is 264 g/mol. The Morgan fingerprint density at radius 2 is 1.95 bits per heavy atom. The maximum atomic E-state index is 12.1. The molecule has 0 aliphatic carbocycles. The Bertz CT molecular complexity index is 764. The molecule has 1 aromatic carbocycles. The van der Waals surface area contributed by atoms with Crippen molar-refractivity contribution in [2.45, 2.75) is 20.0 Å². The molecule has 0 unspecified atom stereocenters. The molecule has 0 saturated heterocycles. The second-order valence-electron chi connectivity index (χ2n) is 4.87. The van der Waals surface area contributed by atoms with Crippen LogP contribution in [0.3, 0.4) is 0 Å². The fourth-order valence-electron chi connectivity index (χ4n) is 2.30. The smallest absolute Gasteiger partial charge is 0.240 e. The van der Waals surface area contributed by atoms with Crippen molar-refractivity contribution < 1.29 is 4.79 Å². The third kappa shape index (κ3) is 2.91. The Labute approximate surface area is 122 Å². The summed E-state index contributed by atoms with van der Waals surface area (Å²) >= 11 is 0. The first-order chi connectivity index (χ1) is 10.2. The zero-order chi connectivity index (χ0) is 14.7. The van der Waals surface area contributed by atoms with E-state index in [0.29, 0.717) is 6.54 Å². The SMILES string of the molecule is Cc1nc2ccccc2n1CC(=O)NCc1ccncc1. The molecule has 1 N–H and O–H groups in total. The van der Waals surface area contributed by atoms with Crippen LogP contribution in [0.15, 0.2) is 48.8 Å². The van der Waals surface area contributed by atoms with E-state index in [4.69, 9.17) is 0 Å². The number of aryl methyl sites for hydroxylation is 1. The lowest BCUT2D eigenvalue weighted by Gasteiger charge is -2.08. The summed E-state index contributed by atoms with van der Waals surface area (Å²) in [7, 11) is 0. The summed E-state index contributed by atoms with van der Waals surface area (Å²) in [5, 5.41) is 2.91. The van der Waals surface area contributed by atoms with Crippen LogP contribution in [-0.2, 0) is 17.9 Å².